The molecule has 2 N–H and O–H groups in total. The van der Waals surface area contributed by atoms with E-state index in [4.69, 9.17) is 14.2 Å². The molecular weight excluding hydrogens is 445 g/mol. The van der Waals surface area contributed by atoms with Crippen LogP contribution in [-0.4, -0.2) is 53.1 Å². The number of rotatable bonds is 13. The molecule has 0 fully saturated rings. The molecule has 1 aromatic rings. The highest BCUT2D eigenvalue weighted by Crippen LogP contribution is 2.17. The summed E-state index contributed by atoms with van der Waals surface area (Å²) in [6, 6.07) is 7.92. The van der Waals surface area contributed by atoms with Crippen LogP contribution < -0.4 is 15.4 Å². The Morgan fingerprint density at radius 2 is 1.77 bits per heavy atom. The van der Waals surface area contributed by atoms with Crippen molar-refractivity contribution in [3.05, 3.63) is 24.3 Å². The summed E-state index contributed by atoms with van der Waals surface area (Å²) in [6.45, 7) is 5.85. The fraction of sp³-hybridized carbons (Fsp3) is 0.632. The van der Waals surface area contributed by atoms with Gasteiger partial charge in [0.05, 0.1) is 6.61 Å². The number of benzene rings is 1. The monoisotopic (exact) mass is 479 g/mol. The topological polar surface area (TPSA) is 64.1 Å². The maximum Gasteiger partial charge on any atom is 0.195 e. The third-order valence-electron chi connectivity index (χ3n) is 3.48. The van der Waals surface area contributed by atoms with Gasteiger partial charge in [0.1, 0.15) is 5.75 Å². The van der Waals surface area contributed by atoms with Gasteiger partial charge in [0, 0.05) is 58.7 Å². The van der Waals surface area contributed by atoms with Crippen molar-refractivity contribution in [2.75, 3.05) is 52.4 Å². The third kappa shape index (κ3) is 12.3. The molecule has 150 valence electrons. The molecule has 6 nitrogen and oxygen atoms in total. The largest absolute Gasteiger partial charge is 0.493 e. The molecule has 0 aliphatic rings. The molecule has 0 aliphatic heterocycles. The van der Waals surface area contributed by atoms with Crippen LogP contribution in [0.5, 0.6) is 5.75 Å². The van der Waals surface area contributed by atoms with E-state index in [1.165, 1.54) is 0 Å². The first kappa shape index (κ1) is 24.9. The summed E-state index contributed by atoms with van der Waals surface area (Å²) in [6.07, 6.45) is 4.14. The molecule has 0 aromatic heterocycles. The van der Waals surface area contributed by atoms with E-state index in [2.05, 4.69) is 22.5 Å². The molecule has 1 aromatic carbocycles. The molecule has 0 unspecified atom stereocenters. The molecule has 0 saturated carbocycles. The van der Waals surface area contributed by atoms with Gasteiger partial charge in [-0.15, -0.1) is 24.0 Å². The zero-order valence-corrected chi connectivity index (χ0v) is 18.6. The second-order valence-corrected chi connectivity index (χ2v) is 5.66. The number of methoxy groups -OCH3 is 2. The van der Waals surface area contributed by atoms with Crippen molar-refractivity contribution in [2.45, 2.75) is 32.6 Å². The van der Waals surface area contributed by atoms with Gasteiger partial charge >= 0.3 is 0 Å². The molecule has 7 heteroatoms. The molecular formula is C19H34IN3O3. The first-order valence-electron chi connectivity index (χ1n) is 9.06. The number of hydrogen-bond donors (Lipinski definition) is 2. The predicted molar refractivity (Wildman–Crippen MR) is 119 cm³/mol. The van der Waals surface area contributed by atoms with E-state index in [0.29, 0.717) is 13.2 Å². The highest BCUT2D eigenvalue weighted by molar-refractivity contribution is 14.0. The summed E-state index contributed by atoms with van der Waals surface area (Å²) in [5.74, 6) is 1.64. The number of anilines is 1. The molecule has 0 bridgehead atoms. The summed E-state index contributed by atoms with van der Waals surface area (Å²) < 4.78 is 15.8. The minimum Gasteiger partial charge on any atom is -0.493 e. The number of guanidine groups is 1. The zero-order chi connectivity index (χ0) is 18.2. The number of aliphatic imine (C=N–C) groups is 1. The van der Waals surface area contributed by atoms with Crippen molar-refractivity contribution in [1.29, 1.82) is 0 Å². The number of halogens is 1. The predicted octanol–water partition coefficient (Wildman–Crippen LogP) is 3.91. The lowest BCUT2D eigenvalue weighted by Crippen LogP contribution is -2.30. The Kier molecular flexibility index (Phi) is 16.7. The third-order valence-corrected chi connectivity index (χ3v) is 3.48. The summed E-state index contributed by atoms with van der Waals surface area (Å²) in [5, 5.41) is 6.60. The number of hydrogen-bond acceptors (Lipinski definition) is 4. The summed E-state index contributed by atoms with van der Waals surface area (Å²) in [7, 11) is 3.44. The van der Waals surface area contributed by atoms with Crippen LogP contribution >= 0.6 is 24.0 Å². The van der Waals surface area contributed by atoms with E-state index < -0.39 is 0 Å². The quantitative estimate of drug-likeness (QED) is 0.194. The Balaban J connectivity index is 0.00000625. The number of nitrogens with zero attached hydrogens (tertiary/aromatic N) is 1. The van der Waals surface area contributed by atoms with Crippen LogP contribution in [0.25, 0.3) is 0 Å². The van der Waals surface area contributed by atoms with Gasteiger partial charge in [-0.1, -0.05) is 6.07 Å². The summed E-state index contributed by atoms with van der Waals surface area (Å²) in [5.41, 5.74) is 0.961. The zero-order valence-electron chi connectivity index (χ0n) is 16.3. The molecule has 0 radical (unpaired) electrons. The lowest BCUT2D eigenvalue weighted by atomic mass is 10.2. The summed E-state index contributed by atoms with van der Waals surface area (Å²) in [4.78, 5) is 4.62. The fourth-order valence-electron chi connectivity index (χ4n) is 2.23. The Hall–Kier alpha value is -1.06. The SMILES string of the molecule is CCNC(=NCCCCCOC)Nc1cccc(OCCCOC)c1.I. The minimum absolute atomic E-state index is 0. The van der Waals surface area contributed by atoms with E-state index in [1.54, 1.807) is 14.2 Å². The van der Waals surface area contributed by atoms with Crippen molar-refractivity contribution in [1.82, 2.24) is 5.32 Å². The lowest BCUT2D eigenvalue weighted by molar-refractivity contribution is 0.172. The van der Waals surface area contributed by atoms with E-state index in [-0.39, 0.29) is 24.0 Å². The molecule has 0 saturated heterocycles. The highest BCUT2D eigenvalue weighted by Gasteiger charge is 2.01. The van der Waals surface area contributed by atoms with E-state index >= 15 is 0 Å². The molecule has 1 rings (SSSR count). The second kappa shape index (κ2) is 17.4. The van der Waals surface area contributed by atoms with E-state index in [1.807, 2.05) is 24.3 Å². The van der Waals surface area contributed by atoms with Crippen LogP contribution in [0.2, 0.25) is 0 Å². The molecule has 0 heterocycles. The van der Waals surface area contributed by atoms with E-state index in [9.17, 15) is 0 Å². The molecule has 26 heavy (non-hydrogen) atoms. The van der Waals surface area contributed by atoms with Crippen molar-refractivity contribution in [3.8, 4) is 5.75 Å². The summed E-state index contributed by atoms with van der Waals surface area (Å²) >= 11 is 0. The van der Waals surface area contributed by atoms with Crippen LogP contribution in [0.1, 0.15) is 32.6 Å². The van der Waals surface area contributed by atoms with Crippen LogP contribution in [0.3, 0.4) is 0 Å². The smallest absolute Gasteiger partial charge is 0.195 e. The Morgan fingerprint density at radius 3 is 2.50 bits per heavy atom. The first-order valence-corrected chi connectivity index (χ1v) is 9.06. The van der Waals surface area contributed by atoms with Gasteiger partial charge in [-0.05, 0) is 38.3 Å². The maximum absolute atomic E-state index is 5.73. The van der Waals surface area contributed by atoms with Crippen molar-refractivity contribution in [2.24, 2.45) is 4.99 Å². The van der Waals surface area contributed by atoms with Gasteiger partial charge in [-0.3, -0.25) is 4.99 Å². The van der Waals surface area contributed by atoms with Crippen LogP contribution in [0.15, 0.2) is 29.3 Å². The van der Waals surface area contributed by atoms with Crippen molar-refractivity contribution >= 4 is 35.6 Å². The fourth-order valence-corrected chi connectivity index (χ4v) is 2.23. The molecule has 0 spiro atoms. The lowest BCUT2D eigenvalue weighted by Gasteiger charge is -2.13. The molecule has 0 aliphatic carbocycles. The Morgan fingerprint density at radius 1 is 1.00 bits per heavy atom. The van der Waals surface area contributed by atoms with Crippen LogP contribution in [0.4, 0.5) is 5.69 Å². The van der Waals surface area contributed by atoms with E-state index in [0.717, 1.165) is 62.8 Å². The number of nitrogens with one attached hydrogen (secondary N) is 2. The van der Waals surface area contributed by atoms with Crippen LogP contribution in [-0.2, 0) is 9.47 Å². The second-order valence-electron chi connectivity index (χ2n) is 5.66. The average molecular weight is 479 g/mol. The van der Waals surface area contributed by atoms with Gasteiger partial charge in [0.2, 0.25) is 0 Å². The number of unbranched alkanes of at least 4 members (excludes halogenated alkanes) is 2. The van der Waals surface area contributed by atoms with Crippen molar-refractivity contribution in [3.63, 3.8) is 0 Å². The van der Waals surface area contributed by atoms with Gasteiger partial charge in [0.25, 0.3) is 0 Å². The molecule has 0 amide bonds. The van der Waals surface area contributed by atoms with Gasteiger partial charge in [0.15, 0.2) is 5.96 Å². The maximum atomic E-state index is 5.73. The van der Waals surface area contributed by atoms with Crippen molar-refractivity contribution < 1.29 is 14.2 Å². The highest BCUT2D eigenvalue weighted by atomic mass is 127. The van der Waals surface area contributed by atoms with Gasteiger partial charge in [-0.25, -0.2) is 0 Å². The number of ether oxygens (including phenoxy) is 3. The Bertz CT molecular complexity index is 487. The first-order chi connectivity index (χ1) is 12.3. The van der Waals surface area contributed by atoms with Crippen LogP contribution in [0, 0.1) is 0 Å². The standard InChI is InChI=1S/C19H33N3O3.HI/c1-4-20-19(21-12-6-5-7-13-23-2)22-17-10-8-11-18(16-17)25-15-9-14-24-3;/h8,10-11,16H,4-7,9,12-15H2,1-3H3,(H2,20,21,22);1H. The average Bonchev–Trinajstić information content (AvgIpc) is 2.62. The van der Waals surface area contributed by atoms with Gasteiger partial charge < -0.3 is 24.8 Å². The normalized spacial score (nSPS) is 11.0. The Labute approximate surface area is 175 Å². The molecule has 0 atom stereocenters. The van der Waals surface area contributed by atoms with Gasteiger partial charge in [-0.2, -0.15) is 0 Å². The minimum atomic E-state index is 0.